The molecule has 0 bridgehead atoms. The molecule has 1 aliphatic rings. The van der Waals surface area contributed by atoms with E-state index in [0.717, 1.165) is 6.42 Å². The van der Waals surface area contributed by atoms with Gasteiger partial charge in [-0.2, -0.15) is 0 Å². The Hall–Kier alpha value is -0.0304. The van der Waals surface area contributed by atoms with E-state index in [9.17, 15) is 5.11 Å². The van der Waals surface area contributed by atoms with Gasteiger partial charge in [-0.25, -0.2) is 0 Å². The fraction of sp³-hybridized carbons (Fsp3) is 0.333. The second-order valence-electron chi connectivity index (χ2n) is 2.69. The SMILES string of the molecule is OC1CC[Te]c2ccccc21. The third kappa shape index (κ3) is 1.44. The van der Waals surface area contributed by atoms with Crippen molar-refractivity contribution in [3.63, 3.8) is 0 Å². The second kappa shape index (κ2) is 3.15. The zero-order valence-corrected chi connectivity index (χ0v) is 8.49. The molecule has 0 saturated heterocycles. The Kier molecular flexibility index (Phi) is 2.18. The summed E-state index contributed by atoms with van der Waals surface area (Å²) >= 11 is 0.0397. The van der Waals surface area contributed by atoms with Gasteiger partial charge in [0.15, 0.2) is 0 Å². The summed E-state index contributed by atoms with van der Waals surface area (Å²) in [6.07, 6.45) is 0.809. The Labute approximate surface area is 76.5 Å². The summed E-state index contributed by atoms with van der Waals surface area (Å²) < 4.78 is 2.71. The Morgan fingerprint density at radius 1 is 1.36 bits per heavy atom. The van der Waals surface area contributed by atoms with Gasteiger partial charge in [-0.1, -0.05) is 0 Å². The van der Waals surface area contributed by atoms with E-state index >= 15 is 0 Å². The minimum atomic E-state index is -0.176. The van der Waals surface area contributed by atoms with Gasteiger partial charge in [0.25, 0.3) is 0 Å². The Balaban J connectivity index is 2.44. The van der Waals surface area contributed by atoms with Crippen molar-refractivity contribution in [1.29, 1.82) is 0 Å². The van der Waals surface area contributed by atoms with Gasteiger partial charge in [0.2, 0.25) is 0 Å². The van der Waals surface area contributed by atoms with Crippen molar-refractivity contribution in [2.75, 3.05) is 0 Å². The number of fused-ring (bicyclic) bond motifs is 1. The molecule has 0 saturated carbocycles. The maximum atomic E-state index is 9.58. The van der Waals surface area contributed by atoms with Gasteiger partial charge < -0.3 is 0 Å². The molecule has 0 radical (unpaired) electrons. The van der Waals surface area contributed by atoms with Crippen LogP contribution in [0.4, 0.5) is 0 Å². The molecule has 2 rings (SSSR count). The predicted octanol–water partition coefficient (Wildman–Crippen LogP) is 0.872. The van der Waals surface area contributed by atoms with Gasteiger partial charge in [-0.15, -0.1) is 0 Å². The van der Waals surface area contributed by atoms with Gasteiger partial charge in [-0.05, 0) is 0 Å². The Bertz CT molecular complexity index is 259. The van der Waals surface area contributed by atoms with E-state index in [1.807, 2.05) is 6.07 Å². The van der Waals surface area contributed by atoms with Crippen LogP contribution in [0, 0.1) is 0 Å². The van der Waals surface area contributed by atoms with Crippen LogP contribution in [-0.2, 0) is 0 Å². The molecule has 1 atom stereocenters. The number of aliphatic hydroxyl groups excluding tert-OH is 1. The van der Waals surface area contributed by atoms with E-state index < -0.39 is 0 Å². The van der Waals surface area contributed by atoms with E-state index in [-0.39, 0.29) is 27.0 Å². The van der Waals surface area contributed by atoms with E-state index in [2.05, 4.69) is 18.2 Å². The van der Waals surface area contributed by atoms with Crippen LogP contribution in [0.2, 0.25) is 4.47 Å². The molecule has 1 heterocycles. The molecule has 1 nitrogen and oxygen atoms in total. The predicted molar refractivity (Wildman–Crippen MR) is 46.2 cm³/mol. The first-order valence-corrected chi connectivity index (χ1v) is 6.59. The summed E-state index contributed by atoms with van der Waals surface area (Å²) in [6, 6.07) is 8.31. The molecule has 1 N–H and O–H groups in total. The summed E-state index contributed by atoms with van der Waals surface area (Å²) in [5.74, 6) is 0. The molecule has 0 aromatic heterocycles. The molecule has 1 aliphatic heterocycles. The molecule has 0 fully saturated rings. The van der Waals surface area contributed by atoms with Crippen LogP contribution in [0.15, 0.2) is 24.3 Å². The molecule has 11 heavy (non-hydrogen) atoms. The van der Waals surface area contributed by atoms with Crippen LogP contribution < -0.4 is 3.61 Å². The van der Waals surface area contributed by atoms with E-state index in [1.165, 1.54) is 13.6 Å². The van der Waals surface area contributed by atoms with Crippen molar-refractivity contribution < 1.29 is 5.11 Å². The monoisotopic (exact) mass is 264 g/mol. The normalized spacial score (nSPS) is 22.8. The van der Waals surface area contributed by atoms with Crippen molar-refractivity contribution in [2.24, 2.45) is 0 Å². The van der Waals surface area contributed by atoms with Crippen LogP contribution in [0.25, 0.3) is 0 Å². The standard InChI is InChI=1S/C9H10OTe/c10-8-5-6-11-9-4-2-1-3-7(8)9/h1-4,8,10H,5-6H2. The van der Waals surface area contributed by atoms with Crippen LogP contribution in [0.5, 0.6) is 0 Å². The molecular weight excluding hydrogens is 252 g/mol. The summed E-state index contributed by atoms with van der Waals surface area (Å²) in [7, 11) is 0. The average Bonchev–Trinajstić information content (AvgIpc) is 2.06. The number of rotatable bonds is 0. The Morgan fingerprint density at radius 2 is 2.18 bits per heavy atom. The molecule has 1 aromatic rings. The van der Waals surface area contributed by atoms with E-state index in [0.29, 0.717) is 0 Å². The van der Waals surface area contributed by atoms with Crippen LogP contribution in [0.3, 0.4) is 0 Å². The average molecular weight is 262 g/mol. The summed E-state index contributed by atoms with van der Waals surface area (Å²) in [5.41, 5.74) is 1.20. The Morgan fingerprint density at radius 3 is 3.00 bits per heavy atom. The van der Waals surface area contributed by atoms with Crippen molar-refractivity contribution in [3.8, 4) is 0 Å². The zero-order chi connectivity index (χ0) is 7.68. The van der Waals surface area contributed by atoms with Crippen LogP contribution in [-0.4, -0.2) is 26.0 Å². The number of aliphatic hydroxyl groups is 1. The van der Waals surface area contributed by atoms with Crippen molar-refractivity contribution >= 4 is 24.5 Å². The first-order chi connectivity index (χ1) is 5.38. The van der Waals surface area contributed by atoms with Crippen LogP contribution in [0.1, 0.15) is 18.1 Å². The third-order valence-electron chi connectivity index (χ3n) is 1.93. The molecule has 58 valence electrons. The first-order valence-electron chi connectivity index (χ1n) is 3.78. The number of hydrogen-bond acceptors (Lipinski definition) is 1. The van der Waals surface area contributed by atoms with Gasteiger partial charge >= 0.3 is 76.5 Å². The summed E-state index contributed by atoms with van der Waals surface area (Å²) in [5, 5.41) is 9.58. The van der Waals surface area contributed by atoms with Gasteiger partial charge in [0, 0.05) is 0 Å². The third-order valence-corrected chi connectivity index (χ3v) is 5.13. The van der Waals surface area contributed by atoms with E-state index in [4.69, 9.17) is 0 Å². The number of hydrogen-bond donors (Lipinski definition) is 1. The zero-order valence-electron chi connectivity index (χ0n) is 6.16. The fourth-order valence-electron chi connectivity index (χ4n) is 1.32. The fourth-order valence-corrected chi connectivity index (χ4v) is 4.48. The quantitative estimate of drug-likeness (QED) is 0.688. The van der Waals surface area contributed by atoms with Crippen molar-refractivity contribution in [2.45, 2.75) is 17.0 Å². The van der Waals surface area contributed by atoms with Gasteiger partial charge in [-0.3, -0.25) is 0 Å². The van der Waals surface area contributed by atoms with Gasteiger partial charge in [0.05, 0.1) is 0 Å². The first kappa shape index (κ1) is 7.61. The van der Waals surface area contributed by atoms with Gasteiger partial charge in [0.1, 0.15) is 0 Å². The van der Waals surface area contributed by atoms with Crippen molar-refractivity contribution in [3.05, 3.63) is 29.8 Å². The molecule has 0 amide bonds. The molecule has 1 unspecified atom stereocenters. The molecular formula is C9H10OTe. The molecule has 0 aliphatic carbocycles. The maximum absolute atomic E-state index is 9.58. The molecule has 2 heteroatoms. The molecule has 1 aromatic carbocycles. The second-order valence-corrected chi connectivity index (χ2v) is 5.94. The topological polar surface area (TPSA) is 20.2 Å². The van der Waals surface area contributed by atoms with Crippen molar-refractivity contribution in [1.82, 2.24) is 0 Å². The van der Waals surface area contributed by atoms with E-state index in [1.54, 1.807) is 0 Å². The van der Waals surface area contributed by atoms with Crippen LogP contribution >= 0.6 is 0 Å². The summed E-state index contributed by atoms with van der Waals surface area (Å²) in [4.78, 5) is 0. The number of benzene rings is 1. The molecule has 0 spiro atoms. The minimum absolute atomic E-state index is 0.0397. The summed E-state index contributed by atoms with van der Waals surface area (Å²) in [6.45, 7) is 0.